The van der Waals surface area contributed by atoms with E-state index in [2.05, 4.69) is 10.1 Å². The van der Waals surface area contributed by atoms with Gasteiger partial charge in [0.15, 0.2) is 5.82 Å². The summed E-state index contributed by atoms with van der Waals surface area (Å²) in [5, 5.41) is 22.2. The second kappa shape index (κ2) is 4.32. The van der Waals surface area contributed by atoms with E-state index in [1.54, 1.807) is 7.05 Å². The Morgan fingerprint density at radius 3 is 2.72 bits per heavy atom. The van der Waals surface area contributed by atoms with Gasteiger partial charge in [0.2, 0.25) is 0 Å². The van der Waals surface area contributed by atoms with Crippen LogP contribution in [0, 0.1) is 0 Å². The highest BCUT2D eigenvalue weighted by atomic mass is 16.4. The summed E-state index contributed by atoms with van der Waals surface area (Å²) in [7, 11) is 1.66. The molecule has 2 rings (SSSR count). The summed E-state index contributed by atoms with van der Waals surface area (Å²) in [4.78, 5) is 26.6. The average Bonchev–Trinajstić information content (AvgIpc) is 2.67. The predicted octanol–water partition coefficient (Wildman–Crippen LogP) is -0.571. The van der Waals surface area contributed by atoms with Crippen molar-refractivity contribution in [2.24, 2.45) is 7.05 Å². The van der Waals surface area contributed by atoms with Crippen LogP contribution in [0.5, 0.6) is 5.75 Å². The number of aromatic hydroxyl groups is 1. The number of rotatable bonds is 3. The molecule has 94 valence electrons. The summed E-state index contributed by atoms with van der Waals surface area (Å²) in [6.45, 7) is -0.0679. The number of hydrogen-bond acceptors (Lipinski definition) is 5. The molecule has 0 amide bonds. The van der Waals surface area contributed by atoms with E-state index in [0.717, 1.165) is 16.7 Å². The molecule has 2 heterocycles. The molecule has 2 N–H and O–H groups in total. The van der Waals surface area contributed by atoms with Gasteiger partial charge in [-0.25, -0.2) is 9.78 Å². The Balaban J connectivity index is 2.49. The molecule has 0 aliphatic heterocycles. The number of aryl methyl sites for hydroxylation is 1. The second-order valence-electron chi connectivity index (χ2n) is 3.66. The summed E-state index contributed by atoms with van der Waals surface area (Å²) >= 11 is 0. The number of carboxylic acids is 1. The first-order chi connectivity index (χ1) is 8.47. The van der Waals surface area contributed by atoms with Crippen LogP contribution < -0.4 is 5.56 Å². The van der Waals surface area contributed by atoms with Crippen molar-refractivity contribution in [2.45, 2.75) is 6.54 Å². The zero-order valence-corrected chi connectivity index (χ0v) is 9.44. The van der Waals surface area contributed by atoms with Crippen molar-refractivity contribution in [3.63, 3.8) is 0 Å². The Hall–Kier alpha value is -2.64. The van der Waals surface area contributed by atoms with Crippen LogP contribution in [0.15, 0.2) is 23.3 Å². The van der Waals surface area contributed by atoms with Gasteiger partial charge in [-0.2, -0.15) is 5.10 Å². The second-order valence-corrected chi connectivity index (χ2v) is 3.66. The summed E-state index contributed by atoms with van der Waals surface area (Å²) in [5.41, 5.74) is -0.938. The van der Waals surface area contributed by atoms with Crippen molar-refractivity contribution in [1.29, 1.82) is 0 Å². The lowest BCUT2D eigenvalue weighted by atomic mass is 10.3. The minimum atomic E-state index is -1.31. The summed E-state index contributed by atoms with van der Waals surface area (Å²) < 4.78 is 2.43. The maximum atomic E-state index is 11.7. The molecular weight excluding hydrogens is 240 g/mol. The first-order valence-corrected chi connectivity index (χ1v) is 4.99. The largest absolute Gasteiger partial charge is 0.508 e. The van der Waals surface area contributed by atoms with Gasteiger partial charge in [-0.1, -0.05) is 0 Å². The van der Waals surface area contributed by atoms with Gasteiger partial charge in [0, 0.05) is 19.2 Å². The van der Waals surface area contributed by atoms with Gasteiger partial charge in [0.05, 0.1) is 6.54 Å². The van der Waals surface area contributed by atoms with Crippen molar-refractivity contribution in [1.82, 2.24) is 19.3 Å². The molecule has 0 aromatic carbocycles. The summed E-state index contributed by atoms with van der Waals surface area (Å²) in [6, 6.07) is 1.95. The molecule has 2 aromatic heterocycles. The maximum Gasteiger partial charge on any atom is 0.352 e. The average molecular weight is 250 g/mol. The molecule has 18 heavy (non-hydrogen) atoms. The Labute approximate surface area is 101 Å². The van der Waals surface area contributed by atoms with Crippen molar-refractivity contribution in [3.05, 3.63) is 40.3 Å². The third kappa shape index (κ3) is 2.21. The van der Waals surface area contributed by atoms with Crippen LogP contribution in [0.25, 0.3) is 0 Å². The summed E-state index contributed by atoms with van der Waals surface area (Å²) in [6.07, 6.45) is 1.45. The minimum absolute atomic E-state index is 0.0679. The first kappa shape index (κ1) is 11.8. The number of aromatic carboxylic acids is 1. The number of hydrogen-bond donors (Lipinski definition) is 2. The van der Waals surface area contributed by atoms with Crippen molar-refractivity contribution < 1.29 is 15.0 Å². The molecule has 0 bridgehead atoms. The number of carboxylic acid groups (broad SMARTS) is 1. The smallest absolute Gasteiger partial charge is 0.352 e. The number of aromatic nitrogens is 4. The van der Waals surface area contributed by atoms with Crippen LogP contribution in [0.2, 0.25) is 0 Å². The van der Waals surface area contributed by atoms with E-state index in [1.165, 1.54) is 11.0 Å². The monoisotopic (exact) mass is 250 g/mol. The molecule has 8 heteroatoms. The van der Waals surface area contributed by atoms with Gasteiger partial charge in [-0.05, 0) is 0 Å². The fourth-order valence-corrected chi connectivity index (χ4v) is 1.52. The van der Waals surface area contributed by atoms with Crippen LogP contribution in [0.1, 0.15) is 16.3 Å². The van der Waals surface area contributed by atoms with Gasteiger partial charge >= 0.3 is 5.97 Å². The highest BCUT2D eigenvalue weighted by molar-refractivity contribution is 5.86. The van der Waals surface area contributed by atoms with Crippen LogP contribution in [-0.4, -0.2) is 35.5 Å². The molecule has 0 aliphatic rings. The number of carbonyl (C=O) groups is 1. The van der Waals surface area contributed by atoms with Crippen molar-refractivity contribution >= 4 is 5.97 Å². The maximum absolute atomic E-state index is 11.7. The quantitative estimate of drug-likeness (QED) is 0.754. The van der Waals surface area contributed by atoms with Gasteiger partial charge in [-0.15, -0.1) is 0 Å². The van der Waals surface area contributed by atoms with Gasteiger partial charge in [-0.3, -0.25) is 14.0 Å². The molecule has 0 radical (unpaired) electrons. The van der Waals surface area contributed by atoms with Gasteiger partial charge < -0.3 is 10.2 Å². The normalized spacial score (nSPS) is 10.5. The fraction of sp³-hybridized carbons (Fsp3) is 0.200. The Morgan fingerprint density at radius 2 is 2.17 bits per heavy atom. The van der Waals surface area contributed by atoms with E-state index < -0.39 is 11.5 Å². The molecule has 0 unspecified atom stereocenters. The van der Waals surface area contributed by atoms with E-state index in [-0.39, 0.29) is 18.0 Å². The Bertz CT molecular complexity index is 658. The van der Waals surface area contributed by atoms with Crippen molar-refractivity contribution in [3.8, 4) is 5.75 Å². The topological polar surface area (TPSA) is 110 Å². The van der Waals surface area contributed by atoms with Crippen LogP contribution in [0.4, 0.5) is 0 Å². The van der Waals surface area contributed by atoms with E-state index in [4.69, 9.17) is 5.11 Å². The SMILES string of the molecule is Cn1cnc(Cn2c(C(=O)O)cc(O)cc2=O)n1. The van der Waals surface area contributed by atoms with Gasteiger partial charge in [0.25, 0.3) is 5.56 Å². The standard InChI is InChI=1S/C10H10N4O4/c1-13-5-11-8(12-13)4-14-7(10(17)18)2-6(15)3-9(14)16/h2-3,5,15H,4H2,1H3,(H,17,18). The first-order valence-electron chi connectivity index (χ1n) is 4.99. The van der Waals surface area contributed by atoms with E-state index in [1.807, 2.05) is 0 Å². The Kier molecular flexibility index (Phi) is 2.84. The molecular formula is C10H10N4O4. The van der Waals surface area contributed by atoms with E-state index >= 15 is 0 Å². The zero-order valence-electron chi connectivity index (χ0n) is 9.44. The third-order valence-electron chi connectivity index (χ3n) is 2.28. The van der Waals surface area contributed by atoms with Crippen LogP contribution in [-0.2, 0) is 13.6 Å². The summed E-state index contributed by atoms with van der Waals surface area (Å²) in [5.74, 6) is -1.38. The highest BCUT2D eigenvalue weighted by Crippen LogP contribution is 2.09. The molecule has 0 saturated heterocycles. The zero-order chi connectivity index (χ0) is 13.3. The molecule has 0 aliphatic carbocycles. The lowest BCUT2D eigenvalue weighted by molar-refractivity contribution is 0.0683. The van der Waals surface area contributed by atoms with E-state index in [9.17, 15) is 14.7 Å². The lowest BCUT2D eigenvalue weighted by Crippen LogP contribution is -2.26. The molecule has 0 fully saturated rings. The molecule has 8 nitrogen and oxygen atoms in total. The highest BCUT2D eigenvalue weighted by Gasteiger charge is 2.14. The fourth-order valence-electron chi connectivity index (χ4n) is 1.52. The molecule has 0 saturated carbocycles. The minimum Gasteiger partial charge on any atom is -0.508 e. The number of nitrogens with zero attached hydrogens (tertiary/aromatic N) is 4. The third-order valence-corrected chi connectivity index (χ3v) is 2.28. The van der Waals surface area contributed by atoms with E-state index in [0.29, 0.717) is 5.82 Å². The predicted molar refractivity (Wildman–Crippen MR) is 59.4 cm³/mol. The van der Waals surface area contributed by atoms with Gasteiger partial charge in [0.1, 0.15) is 17.8 Å². The Morgan fingerprint density at radius 1 is 1.44 bits per heavy atom. The lowest BCUT2D eigenvalue weighted by Gasteiger charge is -2.07. The van der Waals surface area contributed by atoms with Crippen LogP contribution in [0.3, 0.4) is 0 Å². The van der Waals surface area contributed by atoms with Crippen LogP contribution >= 0.6 is 0 Å². The molecule has 2 aromatic rings. The molecule has 0 atom stereocenters. The molecule has 0 spiro atoms. The van der Waals surface area contributed by atoms with Crippen molar-refractivity contribution in [2.75, 3.05) is 0 Å². The number of pyridine rings is 1.